The molecule has 1 amide bonds. The summed E-state index contributed by atoms with van der Waals surface area (Å²) in [5, 5.41) is 8.07. The van der Waals surface area contributed by atoms with Crippen LogP contribution in [0.3, 0.4) is 0 Å². The lowest BCUT2D eigenvalue weighted by Gasteiger charge is -2.15. The Morgan fingerprint density at radius 1 is 1.09 bits per heavy atom. The van der Waals surface area contributed by atoms with Gasteiger partial charge >= 0.3 is 6.18 Å². The van der Waals surface area contributed by atoms with E-state index in [0.29, 0.717) is 17.0 Å². The number of hydrogen-bond acceptors (Lipinski definition) is 4. The number of furan rings is 1. The van der Waals surface area contributed by atoms with Crippen LogP contribution in [0.15, 0.2) is 59.3 Å². The van der Waals surface area contributed by atoms with Gasteiger partial charge in [-0.2, -0.15) is 18.3 Å². The Kier molecular flexibility index (Phi) is 5.50. The molecular weight excluding hydrogens is 421 g/mol. The topological polar surface area (TPSA) is 73.0 Å². The summed E-state index contributed by atoms with van der Waals surface area (Å²) in [5.41, 5.74) is 0.751. The zero-order chi connectivity index (χ0) is 23.0. The van der Waals surface area contributed by atoms with Crippen molar-refractivity contribution < 1.29 is 22.4 Å². The average Bonchev–Trinajstić information content (AvgIpc) is 3.38. The number of carbonyl (C=O) groups excluding carboxylic acids is 1. The molecule has 166 valence electrons. The number of para-hydroxylation sites is 1. The van der Waals surface area contributed by atoms with Crippen LogP contribution < -0.4 is 5.32 Å². The number of fused-ring (bicyclic) bond motifs is 1. The smallest absolute Gasteiger partial charge is 0.417 e. The predicted octanol–water partition coefficient (Wildman–Crippen LogP) is 5.65. The molecule has 0 aliphatic rings. The van der Waals surface area contributed by atoms with E-state index >= 15 is 0 Å². The average molecular weight is 442 g/mol. The van der Waals surface area contributed by atoms with Gasteiger partial charge in [0.25, 0.3) is 5.91 Å². The number of nitrogens with zero attached hydrogens (tertiary/aromatic N) is 3. The van der Waals surface area contributed by atoms with Crippen molar-refractivity contribution in [2.24, 2.45) is 0 Å². The largest absolute Gasteiger partial charge is 0.459 e. The summed E-state index contributed by atoms with van der Waals surface area (Å²) in [7, 11) is 0. The second kappa shape index (κ2) is 8.14. The fourth-order valence-electron chi connectivity index (χ4n) is 3.51. The lowest BCUT2D eigenvalue weighted by atomic mass is 10.0. The van der Waals surface area contributed by atoms with Crippen molar-refractivity contribution in [3.05, 3.63) is 77.4 Å². The molecule has 6 nitrogen and oxygen atoms in total. The van der Waals surface area contributed by atoms with E-state index in [2.05, 4.69) is 15.4 Å². The number of halogens is 3. The van der Waals surface area contributed by atoms with Crippen molar-refractivity contribution in [1.82, 2.24) is 20.1 Å². The normalized spacial score (nSPS) is 13.0. The van der Waals surface area contributed by atoms with Crippen molar-refractivity contribution in [1.29, 1.82) is 0 Å². The van der Waals surface area contributed by atoms with Crippen molar-refractivity contribution in [3.63, 3.8) is 0 Å². The second-order valence-corrected chi connectivity index (χ2v) is 7.79. The molecule has 4 rings (SSSR count). The monoisotopic (exact) mass is 442 g/mol. The first-order valence-corrected chi connectivity index (χ1v) is 10.1. The van der Waals surface area contributed by atoms with Gasteiger partial charge in [-0.15, -0.1) is 0 Å². The van der Waals surface area contributed by atoms with Gasteiger partial charge in [0.15, 0.2) is 5.82 Å². The molecule has 32 heavy (non-hydrogen) atoms. The number of rotatable bonds is 5. The van der Waals surface area contributed by atoms with Crippen LogP contribution in [0.25, 0.3) is 16.8 Å². The Morgan fingerprint density at radius 3 is 2.47 bits per heavy atom. The van der Waals surface area contributed by atoms with E-state index < -0.39 is 17.8 Å². The van der Waals surface area contributed by atoms with Crippen molar-refractivity contribution in [3.8, 4) is 5.82 Å². The van der Waals surface area contributed by atoms with Gasteiger partial charge in [0.1, 0.15) is 11.3 Å². The molecule has 3 heterocycles. The number of aromatic nitrogens is 3. The van der Waals surface area contributed by atoms with Gasteiger partial charge in [0.2, 0.25) is 0 Å². The van der Waals surface area contributed by atoms with Gasteiger partial charge in [-0.1, -0.05) is 32.0 Å². The summed E-state index contributed by atoms with van der Waals surface area (Å²) >= 11 is 0. The lowest BCUT2D eigenvalue weighted by Crippen LogP contribution is -2.27. The van der Waals surface area contributed by atoms with Crippen molar-refractivity contribution >= 4 is 16.9 Å². The summed E-state index contributed by atoms with van der Waals surface area (Å²) in [6.45, 7) is 5.56. The van der Waals surface area contributed by atoms with Gasteiger partial charge in [0.05, 0.1) is 29.1 Å². The zero-order valence-electron chi connectivity index (χ0n) is 17.6. The van der Waals surface area contributed by atoms with Crippen molar-refractivity contribution in [2.45, 2.75) is 38.9 Å². The predicted molar refractivity (Wildman–Crippen MR) is 113 cm³/mol. The highest BCUT2D eigenvalue weighted by Gasteiger charge is 2.31. The maximum atomic E-state index is 13.0. The third kappa shape index (κ3) is 4.10. The molecule has 4 aromatic rings. The van der Waals surface area contributed by atoms with Crippen LogP contribution in [0, 0.1) is 0 Å². The molecule has 0 aliphatic carbocycles. The molecule has 0 saturated carbocycles. The highest BCUT2D eigenvalue weighted by molar-refractivity contribution is 5.95. The van der Waals surface area contributed by atoms with Gasteiger partial charge in [0, 0.05) is 11.6 Å². The van der Waals surface area contributed by atoms with Crippen LogP contribution in [0.1, 0.15) is 60.1 Å². The Bertz CT molecular complexity index is 1220. The minimum Gasteiger partial charge on any atom is -0.459 e. The maximum absolute atomic E-state index is 13.0. The fraction of sp³-hybridized carbons (Fsp3) is 0.261. The number of alkyl halides is 3. The minimum atomic E-state index is -4.48. The first-order valence-electron chi connectivity index (χ1n) is 10.1. The van der Waals surface area contributed by atoms with Crippen LogP contribution in [-0.4, -0.2) is 20.7 Å². The van der Waals surface area contributed by atoms with Crippen LogP contribution in [-0.2, 0) is 6.18 Å². The van der Waals surface area contributed by atoms with E-state index in [1.54, 1.807) is 0 Å². The number of amides is 1. The Labute approximate surface area is 182 Å². The molecule has 0 radical (unpaired) electrons. The van der Waals surface area contributed by atoms with E-state index in [1.165, 1.54) is 16.9 Å². The summed E-state index contributed by atoms with van der Waals surface area (Å²) in [5.74, 6) is 0.317. The van der Waals surface area contributed by atoms with Gasteiger partial charge in [-0.3, -0.25) is 4.79 Å². The number of carbonyl (C=O) groups is 1. The highest BCUT2D eigenvalue weighted by atomic mass is 19.4. The molecule has 0 saturated heterocycles. The molecule has 1 aromatic carbocycles. The molecule has 1 unspecified atom stereocenters. The summed E-state index contributed by atoms with van der Waals surface area (Å²) < 4.78 is 45.8. The Morgan fingerprint density at radius 2 is 1.84 bits per heavy atom. The SMILES string of the molecule is CC(C)c1c(C(=O)NC(C)c2cc3ccccc3o2)cnn1-c1ccc(C(F)(F)F)cn1. The molecule has 0 fully saturated rings. The van der Waals surface area contributed by atoms with E-state index in [0.717, 1.165) is 23.2 Å². The number of pyridine rings is 1. The zero-order valence-corrected chi connectivity index (χ0v) is 17.6. The first kappa shape index (κ1) is 21.6. The molecule has 3 aromatic heterocycles. The molecule has 1 N–H and O–H groups in total. The molecule has 0 spiro atoms. The highest BCUT2D eigenvalue weighted by Crippen LogP contribution is 2.30. The van der Waals surface area contributed by atoms with E-state index in [4.69, 9.17) is 4.42 Å². The molecule has 0 bridgehead atoms. The molecule has 9 heteroatoms. The molecule has 0 aliphatic heterocycles. The van der Waals surface area contributed by atoms with Gasteiger partial charge < -0.3 is 9.73 Å². The van der Waals surface area contributed by atoms with Gasteiger partial charge in [-0.05, 0) is 37.1 Å². The van der Waals surface area contributed by atoms with E-state index in [9.17, 15) is 18.0 Å². The quantitative estimate of drug-likeness (QED) is 0.434. The third-order valence-corrected chi connectivity index (χ3v) is 5.11. The maximum Gasteiger partial charge on any atom is 0.417 e. The summed E-state index contributed by atoms with van der Waals surface area (Å²) in [6.07, 6.45) is -2.33. The Hall–Kier alpha value is -3.62. The third-order valence-electron chi connectivity index (χ3n) is 5.11. The fourth-order valence-corrected chi connectivity index (χ4v) is 3.51. The summed E-state index contributed by atoms with van der Waals surface area (Å²) in [4.78, 5) is 16.9. The standard InChI is InChI=1S/C23H21F3N4O2/c1-13(2)21-17(12-28-30(21)20-9-8-16(11-27-20)23(24,25)26)22(31)29-14(3)19-10-15-6-4-5-7-18(15)32-19/h4-14H,1-3H3,(H,29,31). The van der Waals surface area contributed by atoms with Crippen LogP contribution in [0.2, 0.25) is 0 Å². The number of hydrogen-bond donors (Lipinski definition) is 1. The minimum absolute atomic E-state index is 0.135. The lowest BCUT2D eigenvalue weighted by molar-refractivity contribution is -0.137. The second-order valence-electron chi connectivity index (χ2n) is 7.79. The van der Waals surface area contributed by atoms with Crippen LogP contribution in [0.5, 0.6) is 0 Å². The van der Waals surface area contributed by atoms with Crippen LogP contribution >= 0.6 is 0 Å². The Balaban J connectivity index is 1.60. The van der Waals surface area contributed by atoms with Crippen LogP contribution in [0.4, 0.5) is 13.2 Å². The van der Waals surface area contributed by atoms with E-state index in [1.807, 2.05) is 51.1 Å². The van der Waals surface area contributed by atoms with E-state index in [-0.39, 0.29) is 17.6 Å². The molecule has 1 atom stereocenters. The van der Waals surface area contributed by atoms with Crippen molar-refractivity contribution in [2.75, 3.05) is 0 Å². The first-order chi connectivity index (χ1) is 15.1. The molecular formula is C23H21F3N4O2. The number of nitrogens with one attached hydrogen (secondary N) is 1. The number of benzene rings is 1. The summed E-state index contributed by atoms with van der Waals surface area (Å²) in [6, 6.07) is 11.2. The van der Waals surface area contributed by atoms with Gasteiger partial charge in [-0.25, -0.2) is 9.67 Å².